The maximum atomic E-state index is 7.52. The minimum absolute atomic E-state index is 0.0761. The molecular weight excluding hydrogens is 186 g/mol. The summed E-state index contributed by atoms with van der Waals surface area (Å²) < 4.78 is 45.1. The van der Waals surface area contributed by atoms with Crippen molar-refractivity contribution in [1.82, 2.24) is 4.90 Å². The highest BCUT2D eigenvalue weighted by atomic mass is 15.1. The Morgan fingerprint density at radius 1 is 1.53 bits per heavy atom. The van der Waals surface area contributed by atoms with Crippen LogP contribution in [0.3, 0.4) is 0 Å². The fraction of sp³-hybridized carbons (Fsp3) is 0.417. The molecular formula is C12H18N3-. The first-order chi connectivity index (χ1) is 9.54. The van der Waals surface area contributed by atoms with Gasteiger partial charge >= 0.3 is 0 Å². The van der Waals surface area contributed by atoms with Gasteiger partial charge in [-0.05, 0) is 19.0 Å². The van der Waals surface area contributed by atoms with Crippen molar-refractivity contribution in [3.63, 3.8) is 0 Å². The molecule has 0 aromatic carbocycles. The third-order valence-corrected chi connectivity index (χ3v) is 2.16. The lowest BCUT2D eigenvalue weighted by molar-refractivity contribution is 0.552. The van der Waals surface area contributed by atoms with Crippen LogP contribution in [0, 0.1) is 0 Å². The summed E-state index contributed by atoms with van der Waals surface area (Å²) in [6, 6.07) is 0. The normalized spacial score (nSPS) is 27.8. The number of aliphatic imine (C=N–C) groups is 1. The van der Waals surface area contributed by atoms with Crippen LogP contribution in [0.15, 0.2) is 40.3 Å². The fourth-order valence-corrected chi connectivity index (χ4v) is 1.29. The van der Waals surface area contributed by atoms with Gasteiger partial charge in [-0.3, -0.25) is 4.99 Å². The molecule has 0 spiro atoms. The monoisotopic (exact) mass is 210 g/mol. The van der Waals surface area contributed by atoms with Crippen LogP contribution in [0.4, 0.5) is 0 Å². The third-order valence-electron chi connectivity index (χ3n) is 2.16. The van der Waals surface area contributed by atoms with E-state index in [9.17, 15) is 0 Å². The van der Waals surface area contributed by atoms with Gasteiger partial charge in [0.1, 0.15) is 0 Å². The van der Waals surface area contributed by atoms with E-state index in [0.29, 0.717) is 11.4 Å². The zero-order chi connectivity index (χ0) is 16.4. The van der Waals surface area contributed by atoms with E-state index in [1.54, 1.807) is 25.3 Å². The van der Waals surface area contributed by atoms with Gasteiger partial charge in [0, 0.05) is 28.0 Å². The van der Waals surface area contributed by atoms with Crippen molar-refractivity contribution < 1.29 is 8.22 Å². The summed E-state index contributed by atoms with van der Waals surface area (Å²) in [6.45, 7) is -4.76. The summed E-state index contributed by atoms with van der Waals surface area (Å²) in [5.41, 5.74) is 0.515. The lowest BCUT2D eigenvalue weighted by Crippen LogP contribution is -2.23. The van der Waals surface area contributed by atoms with E-state index in [-0.39, 0.29) is 11.4 Å². The minimum atomic E-state index is -2.38. The summed E-state index contributed by atoms with van der Waals surface area (Å²) in [5, 5.41) is 3.83. The van der Waals surface area contributed by atoms with Crippen LogP contribution in [0.5, 0.6) is 0 Å². The van der Waals surface area contributed by atoms with E-state index < -0.39 is 13.7 Å². The number of nitrogens with zero attached hydrogens (tertiary/aromatic N) is 3. The largest absolute Gasteiger partial charge is 0.689 e. The highest BCUT2D eigenvalue weighted by molar-refractivity contribution is 5.98. The van der Waals surface area contributed by atoms with Crippen molar-refractivity contribution in [3.05, 3.63) is 40.6 Å². The second kappa shape index (κ2) is 4.82. The minimum Gasteiger partial charge on any atom is -0.689 e. The Kier molecular flexibility index (Phi) is 1.78. The number of rotatable bonds is 2. The Labute approximate surface area is 100 Å². The van der Waals surface area contributed by atoms with Crippen LogP contribution in [0.1, 0.15) is 21.9 Å². The molecule has 0 radical (unpaired) electrons. The molecule has 0 aliphatic carbocycles. The Bertz CT molecular complexity index is 522. The van der Waals surface area contributed by atoms with Gasteiger partial charge in [-0.15, -0.1) is 12.7 Å². The quantitative estimate of drug-likeness (QED) is 0.644. The first-order valence-corrected chi connectivity index (χ1v) is 4.48. The number of hydrogen-bond acceptors (Lipinski definition) is 2. The van der Waals surface area contributed by atoms with E-state index in [4.69, 9.17) is 8.22 Å². The summed E-state index contributed by atoms with van der Waals surface area (Å²) in [5.74, 6) is 0. The second-order valence-electron chi connectivity index (χ2n) is 3.00. The van der Waals surface area contributed by atoms with Crippen LogP contribution < -0.4 is 0 Å². The van der Waals surface area contributed by atoms with Crippen LogP contribution in [0.2, 0.25) is 0 Å². The molecule has 0 aromatic rings. The summed E-state index contributed by atoms with van der Waals surface area (Å²) in [7, 11) is 4.39. The van der Waals surface area contributed by atoms with Gasteiger partial charge in [-0.25, -0.2) is 0 Å². The number of hydrogen-bond donors (Lipinski definition) is 0. The molecule has 1 rings (SSSR count). The predicted molar refractivity (Wildman–Crippen MR) is 66.0 cm³/mol. The Balaban J connectivity index is 3.37. The molecule has 0 amide bonds. The predicted octanol–water partition coefficient (Wildman–Crippen LogP) is 2.70. The standard InChI is InChI=1S/C12H18N3/c1-9(13-3)11-7-6-8-12(15(11)5)10(2)14-4/h6-8H,1-5H3/q-1/b11-9-,14-10?/i1D3,2D3. The maximum absolute atomic E-state index is 7.52. The average Bonchev–Trinajstić information content (AvgIpc) is 2.31. The van der Waals surface area contributed by atoms with Crippen molar-refractivity contribution in [2.24, 2.45) is 4.99 Å². The molecule has 3 heteroatoms. The second-order valence-corrected chi connectivity index (χ2v) is 3.00. The molecule has 0 atom stereocenters. The summed E-state index contributed by atoms with van der Waals surface area (Å²) in [6.07, 6.45) is 4.77. The zero-order valence-corrected chi connectivity index (χ0v) is 9.07. The SMILES string of the molecule is [2H]C([2H])([2H])C(=NC)C1=CC=C/C(=C(/[N-]C)C([2H])([2H])[2H])N1C. The molecule has 1 aliphatic rings. The Morgan fingerprint density at radius 3 is 2.87 bits per heavy atom. The molecule has 0 aromatic heterocycles. The Morgan fingerprint density at radius 2 is 2.33 bits per heavy atom. The van der Waals surface area contributed by atoms with Crippen molar-refractivity contribution >= 4 is 5.71 Å². The van der Waals surface area contributed by atoms with Gasteiger partial charge in [0.25, 0.3) is 0 Å². The molecule has 15 heavy (non-hydrogen) atoms. The number of allylic oxidation sites excluding steroid dienone is 5. The lowest BCUT2D eigenvalue weighted by atomic mass is 10.1. The maximum Gasteiger partial charge on any atom is 0.0618 e. The van der Waals surface area contributed by atoms with Gasteiger partial charge in [0.05, 0.1) is 11.4 Å². The fourth-order valence-electron chi connectivity index (χ4n) is 1.29. The molecule has 1 heterocycles. The smallest absolute Gasteiger partial charge is 0.0618 e. The molecule has 0 fully saturated rings. The van der Waals surface area contributed by atoms with Gasteiger partial charge in [-0.2, -0.15) is 0 Å². The van der Waals surface area contributed by atoms with Crippen molar-refractivity contribution in [1.29, 1.82) is 0 Å². The highest BCUT2D eigenvalue weighted by Gasteiger charge is 2.12. The first kappa shape index (κ1) is 5.54. The van der Waals surface area contributed by atoms with E-state index in [1.165, 1.54) is 19.0 Å². The van der Waals surface area contributed by atoms with Gasteiger partial charge in [0.2, 0.25) is 0 Å². The molecule has 0 saturated heterocycles. The van der Waals surface area contributed by atoms with Crippen molar-refractivity contribution in [2.75, 3.05) is 21.1 Å². The van der Waals surface area contributed by atoms with Crippen molar-refractivity contribution in [2.45, 2.75) is 13.7 Å². The zero-order valence-electron chi connectivity index (χ0n) is 15.1. The third kappa shape index (κ3) is 2.29. The molecule has 0 bridgehead atoms. The Hall–Kier alpha value is -1.51. The van der Waals surface area contributed by atoms with Crippen LogP contribution >= 0.6 is 0 Å². The van der Waals surface area contributed by atoms with Crippen LogP contribution in [-0.4, -0.2) is 31.8 Å². The topological polar surface area (TPSA) is 29.7 Å². The highest BCUT2D eigenvalue weighted by Crippen LogP contribution is 2.22. The summed E-state index contributed by atoms with van der Waals surface area (Å²) in [4.78, 5) is 5.32. The van der Waals surface area contributed by atoms with Gasteiger partial charge < -0.3 is 10.2 Å². The molecule has 0 unspecified atom stereocenters. The van der Waals surface area contributed by atoms with Crippen LogP contribution in [0.25, 0.3) is 5.32 Å². The molecule has 1 aliphatic heterocycles. The van der Waals surface area contributed by atoms with E-state index in [2.05, 4.69) is 10.3 Å². The number of likely N-dealkylation sites (N-methyl/N-ethyl adjacent to an activating group) is 1. The molecule has 0 saturated carbocycles. The van der Waals surface area contributed by atoms with Crippen LogP contribution in [-0.2, 0) is 0 Å². The first-order valence-electron chi connectivity index (χ1n) is 7.48. The summed E-state index contributed by atoms with van der Waals surface area (Å²) >= 11 is 0. The van der Waals surface area contributed by atoms with Gasteiger partial charge in [-0.1, -0.05) is 12.9 Å². The van der Waals surface area contributed by atoms with Gasteiger partial charge in [0.15, 0.2) is 0 Å². The van der Waals surface area contributed by atoms with E-state index in [1.807, 2.05) is 0 Å². The molecule has 0 N–H and O–H groups in total. The lowest BCUT2D eigenvalue weighted by Gasteiger charge is -2.31. The average molecular weight is 210 g/mol. The van der Waals surface area contributed by atoms with E-state index in [0.717, 1.165) is 0 Å². The molecule has 82 valence electrons. The van der Waals surface area contributed by atoms with Crippen molar-refractivity contribution in [3.8, 4) is 0 Å². The molecule has 3 nitrogen and oxygen atoms in total. The van der Waals surface area contributed by atoms with E-state index >= 15 is 0 Å².